The molecule has 0 fully saturated rings. The normalized spacial score (nSPS) is 14.1. The summed E-state index contributed by atoms with van der Waals surface area (Å²) in [5, 5.41) is 0. The second-order valence-electron chi connectivity index (χ2n) is 2.80. The van der Waals surface area contributed by atoms with E-state index in [4.69, 9.17) is 0 Å². The Hall–Kier alpha value is -1.71. The number of aromatic nitrogens is 1. The first-order valence-corrected chi connectivity index (χ1v) is 4.00. The van der Waals surface area contributed by atoms with E-state index < -0.39 is 0 Å². The number of carbonyl (C=O) groups excluding carboxylic acids is 1. The number of amides is 1. The molecule has 0 bridgehead atoms. The maximum atomic E-state index is 11.1. The number of rotatable bonds is 0. The summed E-state index contributed by atoms with van der Waals surface area (Å²) in [5.41, 5.74) is 1.08. The molecule has 1 aromatic rings. The quantitative estimate of drug-likeness (QED) is 0.603. The Morgan fingerprint density at radius 2 is 2.38 bits per heavy atom. The van der Waals surface area contributed by atoms with Crippen LogP contribution < -0.4 is 0 Å². The first kappa shape index (κ1) is 7.91. The Morgan fingerprint density at radius 1 is 1.54 bits per heavy atom. The molecule has 1 aliphatic rings. The van der Waals surface area contributed by atoms with E-state index in [-0.39, 0.29) is 6.09 Å². The van der Waals surface area contributed by atoms with E-state index >= 15 is 0 Å². The summed E-state index contributed by atoms with van der Waals surface area (Å²) in [7, 11) is 1.38. The number of carbonyl (C=O) groups is 1. The van der Waals surface area contributed by atoms with Crippen LogP contribution in [-0.2, 0) is 11.3 Å². The van der Waals surface area contributed by atoms with Gasteiger partial charge < -0.3 is 9.30 Å². The van der Waals surface area contributed by atoms with E-state index in [9.17, 15) is 4.79 Å². The summed E-state index contributed by atoms with van der Waals surface area (Å²) in [6, 6.07) is 3.92. The van der Waals surface area contributed by atoms with Crippen molar-refractivity contribution in [1.29, 1.82) is 0 Å². The number of ether oxygens (including phenoxy) is 1. The SMILES string of the molecule is COC(=O)N1C=Cn2cccc2C1. The third kappa shape index (κ3) is 1.30. The maximum Gasteiger partial charge on any atom is 0.413 e. The van der Waals surface area contributed by atoms with Gasteiger partial charge in [0.1, 0.15) is 0 Å². The van der Waals surface area contributed by atoms with Gasteiger partial charge >= 0.3 is 6.09 Å². The van der Waals surface area contributed by atoms with E-state index in [1.165, 1.54) is 12.0 Å². The molecule has 0 saturated heterocycles. The van der Waals surface area contributed by atoms with Gasteiger partial charge in [-0.05, 0) is 12.1 Å². The zero-order valence-corrected chi connectivity index (χ0v) is 7.30. The van der Waals surface area contributed by atoms with Crippen LogP contribution >= 0.6 is 0 Å². The Bertz CT molecular complexity index is 354. The van der Waals surface area contributed by atoms with Crippen LogP contribution in [0.4, 0.5) is 4.79 Å². The molecular weight excluding hydrogens is 168 g/mol. The van der Waals surface area contributed by atoms with Crippen LogP contribution in [0.3, 0.4) is 0 Å². The molecule has 4 nitrogen and oxygen atoms in total. The molecule has 1 aliphatic heterocycles. The Kier molecular flexibility index (Phi) is 1.81. The lowest BCUT2D eigenvalue weighted by molar-refractivity contribution is 0.137. The lowest BCUT2D eigenvalue weighted by Crippen LogP contribution is -2.28. The van der Waals surface area contributed by atoms with Crippen LogP contribution in [0.2, 0.25) is 0 Å². The van der Waals surface area contributed by atoms with Crippen molar-refractivity contribution in [3.05, 3.63) is 30.2 Å². The number of methoxy groups -OCH3 is 1. The van der Waals surface area contributed by atoms with Gasteiger partial charge in [-0.3, -0.25) is 4.90 Å². The van der Waals surface area contributed by atoms with Crippen molar-refractivity contribution in [3.63, 3.8) is 0 Å². The van der Waals surface area contributed by atoms with Crippen molar-refractivity contribution >= 4 is 12.3 Å². The van der Waals surface area contributed by atoms with Crippen LogP contribution in [-0.4, -0.2) is 22.7 Å². The molecule has 1 aromatic heterocycles. The molecule has 2 heterocycles. The van der Waals surface area contributed by atoms with Crippen LogP contribution in [0.1, 0.15) is 5.69 Å². The van der Waals surface area contributed by atoms with Gasteiger partial charge in [-0.2, -0.15) is 0 Å². The smallest absolute Gasteiger partial charge is 0.413 e. The summed E-state index contributed by atoms with van der Waals surface area (Å²) < 4.78 is 6.58. The predicted molar refractivity (Wildman–Crippen MR) is 47.7 cm³/mol. The van der Waals surface area contributed by atoms with Gasteiger partial charge in [-0.25, -0.2) is 4.79 Å². The molecule has 2 rings (SSSR count). The highest BCUT2D eigenvalue weighted by molar-refractivity contribution is 5.69. The van der Waals surface area contributed by atoms with Gasteiger partial charge in [-0.1, -0.05) is 0 Å². The van der Waals surface area contributed by atoms with Crippen molar-refractivity contribution < 1.29 is 9.53 Å². The molecule has 4 heteroatoms. The monoisotopic (exact) mass is 178 g/mol. The van der Waals surface area contributed by atoms with Gasteiger partial charge in [0.25, 0.3) is 0 Å². The average Bonchev–Trinajstić information content (AvgIpc) is 2.63. The molecule has 0 atom stereocenters. The molecule has 13 heavy (non-hydrogen) atoms. The lowest BCUT2D eigenvalue weighted by atomic mass is 10.3. The topological polar surface area (TPSA) is 34.5 Å². The van der Waals surface area contributed by atoms with Crippen LogP contribution in [0.15, 0.2) is 24.5 Å². The van der Waals surface area contributed by atoms with Gasteiger partial charge in [-0.15, -0.1) is 0 Å². The van der Waals surface area contributed by atoms with Crippen LogP contribution in [0.5, 0.6) is 0 Å². The van der Waals surface area contributed by atoms with E-state index in [2.05, 4.69) is 4.74 Å². The Morgan fingerprint density at radius 3 is 3.15 bits per heavy atom. The largest absolute Gasteiger partial charge is 0.452 e. The fourth-order valence-corrected chi connectivity index (χ4v) is 1.33. The first-order valence-electron chi connectivity index (χ1n) is 4.00. The van der Waals surface area contributed by atoms with Gasteiger partial charge in [0.15, 0.2) is 0 Å². The molecule has 0 N–H and O–H groups in total. The summed E-state index contributed by atoms with van der Waals surface area (Å²) in [5.74, 6) is 0. The van der Waals surface area contributed by atoms with Crippen molar-refractivity contribution in [2.75, 3.05) is 7.11 Å². The van der Waals surface area contributed by atoms with Crippen molar-refractivity contribution in [2.45, 2.75) is 6.54 Å². The minimum absolute atomic E-state index is 0.330. The van der Waals surface area contributed by atoms with Crippen molar-refractivity contribution in [1.82, 2.24) is 9.47 Å². The summed E-state index contributed by atoms with van der Waals surface area (Å²) in [4.78, 5) is 12.7. The number of hydrogen-bond acceptors (Lipinski definition) is 2. The fourth-order valence-electron chi connectivity index (χ4n) is 1.33. The zero-order chi connectivity index (χ0) is 9.26. The first-order chi connectivity index (χ1) is 6.31. The second-order valence-corrected chi connectivity index (χ2v) is 2.80. The molecular formula is C9H10N2O2. The van der Waals surface area contributed by atoms with Crippen molar-refractivity contribution in [3.8, 4) is 0 Å². The summed E-state index contributed by atoms with van der Waals surface area (Å²) in [6.45, 7) is 0.566. The third-order valence-electron chi connectivity index (χ3n) is 2.02. The molecule has 1 amide bonds. The number of nitrogens with zero attached hydrogens (tertiary/aromatic N) is 2. The van der Waals surface area contributed by atoms with E-state index in [1.54, 1.807) is 6.20 Å². The van der Waals surface area contributed by atoms with Crippen molar-refractivity contribution in [2.24, 2.45) is 0 Å². The van der Waals surface area contributed by atoms with Gasteiger partial charge in [0.05, 0.1) is 13.7 Å². The third-order valence-corrected chi connectivity index (χ3v) is 2.02. The van der Waals surface area contributed by atoms with Gasteiger partial charge in [0.2, 0.25) is 0 Å². The highest BCUT2D eigenvalue weighted by Crippen LogP contribution is 2.13. The zero-order valence-electron chi connectivity index (χ0n) is 7.30. The van der Waals surface area contributed by atoms with Crippen LogP contribution in [0, 0.1) is 0 Å². The van der Waals surface area contributed by atoms with E-state index in [0.29, 0.717) is 6.54 Å². The summed E-state index contributed by atoms with van der Waals surface area (Å²) >= 11 is 0. The highest BCUT2D eigenvalue weighted by atomic mass is 16.5. The molecule has 0 saturated carbocycles. The van der Waals surface area contributed by atoms with Gasteiger partial charge in [0, 0.05) is 24.3 Å². The molecule has 0 spiro atoms. The molecule has 0 aromatic carbocycles. The Balaban J connectivity index is 2.21. The number of fused-ring (bicyclic) bond motifs is 1. The number of hydrogen-bond donors (Lipinski definition) is 0. The molecule has 0 aliphatic carbocycles. The second kappa shape index (κ2) is 2.97. The minimum atomic E-state index is -0.330. The maximum absolute atomic E-state index is 11.1. The van der Waals surface area contributed by atoms with E-state index in [1.807, 2.05) is 29.1 Å². The minimum Gasteiger partial charge on any atom is -0.452 e. The Labute approximate surface area is 76.0 Å². The molecule has 0 unspecified atom stereocenters. The van der Waals surface area contributed by atoms with Crippen LogP contribution in [0.25, 0.3) is 6.20 Å². The van der Waals surface area contributed by atoms with E-state index in [0.717, 1.165) is 5.69 Å². The highest BCUT2D eigenvalue weighted by Gasteiger charge is 2.15. The molecule has 0 radical (unpaired) electrons. The predicted octanol–water partition coefficient (Wildman–Crippen LogP) is 1.50. The fraction of sp³-hybridized carbons (Fsp3) is 0.222. The summed E-state index contributed by atoms with van der Waals surface area (Å²) in [6.07, 6.45) is 5.15. The lowest BCUT2D eigenvalue weighted by Gasteiger charge is -2.21. The average molecular weight is 178 g/mol. The molecule has 68 valence electrons. The standard InChI is InChI=1S/C9H10N2O2/c1-13-9(12)11-6-5-10-4-2-3-8(10)7-11/h2-6H,7H2,1H3.